The van der Waals surface area contributed by atoms with E-state index in [1.54, 1.807) is 0 Å². The third kappa shape index (κ3) is 2.54. The minimum absolute atomic E-state index is 0.481. The Kier molecular flexibility index (Phi) is 3.26. The second kappa shape index (κ2) is 4.09. The summed E-state index contributed by atoms with van der Waals surface area (Å²) in [5.74, 6) is 1.79. The van der Waals surface area contributed by atoms with Crippen LogP contribution in [0.1, 0.15) is 45.8 Å². The lowest BCUT2D eigenvalue weighted by Gasteiger charge is -2.22. The smallest absolute Gasteiger partial charge is 0.226 e. The molecule has 0 aromatic carbocycles. The zero-order valence-electron chi connectivity index (χ0n) is 9.37. The van der Waals surface area contributed by atoms with E-state index in [4.69, 9.17) is 10.3 Å². The van der Waals surface area contributed by atoms with E-state index in [0.29, 0.717) is 17.6 Å². The molecule has 0 aliphatic carbocycles. The quantitative estimate of drug-likeness (QED) is 0.800. The van der Waals surface area contributed by atoms with E-state index in [2.05, 4.69) is 24.0 Å². The Balaban J connectivity index is 2.80. The second-order valence-corrected chi connectivity index (χ2v) is 4.38. The molecule has 2 N–H and O–H groups in total. The van der Waals surface area contributed by atoms with Crippen LogP contribution in [0.4, 0.5) is 0 Å². The molecule has 0 fully saturated rings. The molecule has 80 valence electrons. The number of rotatable bonds is 4. The highest BCUT2D eigenvalue weighted by Crippen LogP contribution is 2.22. The summed E-state index contributed by atoms with van der Waals surface area (Å²) in [5, 5.41) is 3.90. The zero-order chi connectivity index (χ0) is 10.8. The molecule has 1 aromatic heterocycles. The first-order chi connectivity index (χ1) is 6.45. The van der Waals surface area contributed by atoms with Crippen LogP contribution in [0, 0.1) is 5.92 Å². The van der Waals surface area contributed by atoms with Crippen molar-refractivity contribution in [1.82, 2.24) is 10.1 Å². The minimum Gasteiger partial charge on any atom is -0.339 e. The van der Waals surface area contributed by atoms with Gasteiger partial charge in [0.1, 0.15) is 0 Å². The largest absolute Gasteiger partial charge is 0.339 e. The molecule has 0 aliphatic heterocycles. The predicted octanol–water partition coefficient (Wildman–Crippen LogP) is 1.85. The monoisotopic (exact) mass is 197 g/mol. The first-order valence-corrected chi connectivity index (χ1v) is 5.07. The standard InChI is InChI=1S/C10H19N3O/c1-5-8-12-9(13-14-8)10(4,11)6-7(2)3/h7H,5-6,11H2,1-4H3. The van der Waals surface area contributed by atoms with Crippen molar-refractivity contribution in [2.75, 3.05) is 0 Å². The summed E-state index contributed by atoms with van der Waals surface area (Å²) in [7, 11) is 0. The fourth-order valence-electron chi connectivity index (χ4n) is 1.57. The molecule has 1 unspecified atom stereocenters. The van der Waals surface area contributed by atoms with E-state index in [9.17, 15) is 0 Å². The molecule has 4 heteroatoms. The number of hydrogen-bond donors (Lipinski definition) is 1. The highest BCUT2D eigenvalue weighted by Gasteiger charge is 2.27. The van der Waals surface area contributed by atoms with Crippen molar-refractivity contribution >= 4 is 0 Å². The fourth-order valence-corrected chi connectivity index (χ4v) is 1.57. The molecule has 14 heavy (non-hydrogen) atoms. The summed E-state index contributed by atoms with van der Waals surface area (Å²) in [4.78, 5) is 4.25. The molecule has 0 aliphatic rings. The third-order valence-corrected chi connectivity index (χ3v) is 2.11. The van der Waals surface area contributed by atoms with Gasteiger partial charge < -0.3 is 10.3 Å². The molecule has 0 radical (unpaired) electrons. The van der Waals surface area contributed by atoms with Crippen LogP contribution in [-0.4, -0.2) is 10.1 Å². The van der Waals surface area contributed by atoms with Gasteiger partial charge in [0, 0.05) is 6.42 Å². The van der Waals surface area contributed by atoms with Gasteiger partial charge in [-0.05, 0) is 19.3 Å². The van der Waals surface area contributed by atoms with Crippen LogP contribution in [0.15, 0.2) is 4.52 Å². The Morgan fingerprint density at radius 1 is 1.50 bits per heavy atom. The number of nitrogens with two attached hydrogens (primary N) is 1. The zero-order valence-corrected chi connectivity index (χ0v) is 9.37. The van der Waals surface area contributed by atoms with Crippen LogP contribution >= 0.6 is 0 Å². The van der Waals surface area contributed by atoms with E-state index < -0.39 is 5.54 Å². The van der Waals surface area contributed by atoms with Gasteiger partial charge in [0.25, 0.3) is 0 Å². The molecule has 1 atom stereocenters. The maximum absolute atomic E-state index is 6.12. The van der Waals surface area contributed by atoms with E-state index >= 15 is 0 Å². The van der Waals surface area contributed by atoms with Crippen LogP contribution in [0.2, 0.25) is 0 Å². The van der Waals surface area contributed by atoms with Crippen molar-refractivity contribution in [1.29, 1.82) is 0 Å². The molecule has 4 nitrogen and oxygen atoms in total. The van der Waals surface area contributed by atoms with Gasteiger partial charge in [-0.3, -0.25) is 0 Å². The van der Waals surface area contributed by atoms with Crippen molar-refractivity contribution in [2.24, 2.45) is 11.7 Å². The molecule has 0 spiro atoms. The number of aromatic nitrogens is 2. The number of hydrogen-bond acceptors (Lipinski definition) is 4. The first-order valence-electron chi connectivity index (χ1n) is 5.07. The van der Waals surface area contributed by atoms with Gasteiger partial charge in [0.2, 0.25) is 5.89 Å². The summed E-state index contributed by atoms with van der Waals surface area (Å²) >= 11 is 0. The van der Waals surface area contributed by atoms with Crippen LogP contribution in [0.3, 0.4) is 0 Å². The van der Waals surface area contributed by atoms with Crippen molar-refractivity contribution in [3.8, 4) is 0 Å². The summed E-state index contributed by atoms with van der Waals surface area (Å²) < 4.78 is 5.04. The van der Waals surface area contributed by atoms with Gasteiger partial charge in [0.05, 0.1) is 5.54 Å². The predicted molar refractivity (Wildman–Crippen MR) is 54.7 cm³/mol. The van der Waals surface area contributed by atoms with Crippen molar-refractivity contribution < 1.29 is 4.52 Å². The molecule has 1 rings (SSSR count). The third-order valence-electron chi connectivity index (χ3n) is 2.11. The molecule has 0 saturated carbocycles. The van der Waals surface area contributed by atoms with Gasteiger partial charge in [-0.25, -0.2) is 0 Å². The van der Waals surface area contributed by atoms with Gasteiger partial charge in [0.15, 0.2) is 5.82 Å². The molecule has 0 bridgehead atoms. The van der Waals surface area contributed by atoms with E-state index in [-0.39, 0.29) is 0 Å². The summed E-state index contributed by atoms with van der Waals surface area (Å²) in [5.41, 5.74) is 5.64. The van der Waals surface area contributed by atoms with E-state index in [1.807, 2.05) is 13.8 Å². The molecule has 0 saturated heterocycles. The Bertz CT molecular complexity index is 291. The molecule has 1 heterocycles. The number of aryl methyl sites for hydroxylation is 1. The van der Waals surface area contributed by atoms with Crippen LogP contribution in [-0.2, 0) is 12.0 Å². The SMILES string of the molecule is CCc1nc(C(C)(N)CC(C)C)no1. The van der Waals surface area contributed by atoms with Crippen molar-refractivity contribution in [3.63, 3.8) is 0 Å². The van der Waals surface area contributed by atoms with Gasteiger partial charge >= 0.3 is 0 Å². The molecular weight excluding hydrogens is 178 g/mol. The minimum atomic E-state index is -0.481. The molecule has 1 aromatic rings. The molecular formula is C10H19N3O. The summed E-state index contributed by atoms with van der Waals surface area (Å²) in [6, 6.07) is 0. The highest BCUT2D eigenvalue weighted by molar-refractivity contribution is 5.01. The van der Waals surface area contributed by atoms with E-state index in [1.165, 1.54) is 0 Å². The lowest BCUT2D eigenvalue weighted by atomic mass is 9.91. The lowest BCUT2D eigenvalue weighted by molar-refractivity contribution is 0.328. The van der Waals surface area contributed by atoms with Gasteiger partial charge in [-0.15, -0.1) is 0 Å². The Morgan fingerprint density at radius 3 is 2.57 bits per heavy atom. The Hall–Kier alpha value is -0.900. The Morgan fingerprint density at radius 2 is 2.14 bits per heavy atom. The molecule has 0 amide bonds. The van der Waals surface area contributed by atoms with Crippen LogP contribution in [0.25, 0.3) is 0 Å². The first kappa shape index (κ1) is 11.2. The van der Waals surface area contributed by atoms with Crippen LogP contribution < -0.4 is 5.73 Å². The summed E-state index contributed by atoms with van der Waals surface area (Å²) in [6.07, 6.45) is 1.61. The Labute approximate surface area is 84.9 Å². The fraction of sp³-hybridized carbons (Fsp3) is 0.800. The highest BCUT2D eigenvalue weighted by atomic mass is 16.5. The maximum Gasteiger partial charge on any atom is 0.226 e. The topological polar surface area (TPSA) is 64.9 Å². The maximum atomic E-state index is 6.12. The average Bonchev–Trinajstić information content (AvgIpc) is 2.49. The van der Waals surface area contributed by atoms with Crippen LogP contribution in [0.5, 0.6) is 0 Å². The van der Waals surface area contributed by atoms with Gasteiger partial charge in [-0.2, -0.15) is 4.98 Å². The van der Waals surface area contributed by atoms with Crippen molar-refractivity contribution in [3.05, 3.63) is 11.7 Å². The average molecular weight is 197 g/mol. The normalized spacial score (nSPS) is 15.9. The summed E-state index contributed by atoms with van der Waals surface area (Å²) in [6.45, 7) is 8.18. The van der Waals surface area contributed by atoms with Gasteiger partial charge in [-0.1, -0.05) is 25.9 Å². The lowest BCUT2D eigenvalue weighted by Crippen LogP contribution is -2.35. The second-order valence-electron chi connectivity index (χ2n) is 4.38. The van der Waals surface area contributed by atoms with Crippen molar-refractivity contribution in [2.45, 2.75) is 46.1 Å². The van der Waals surface area contributed by atoms with E-state index in [0.717, 1.165) is 12.8 Å². The number of nitrogens with zero attached hydrogens (tertiary/aromatic N) is 2.